The van der Waals surface area contributed by atoms with E-state index in [-0.39, 0.29) is 17.9 Å². The maximum absolute atomic E-state index is 12.9. The van der Waals surface area contributed by atoms with Crippen molar-refractivity contribution < 1.29 is 9.59 Å². The van der Waals surface area contributed by atoms with E-state index >= 15 is 0 Å². The summed E-state index contributed by atoms with van der Waals surface area (Å²) in [6.45, 7) is 3.49. The standard InChI is InChI=1S/C23H29N3O2/c1-2-20-12-6-7-16-26(20)23(28)21-17-19(13-15-24-21)22(27)25-14-8-11-18-9-4-3-5-10-18/h3-5,9-10,13,15,17,20H,2,6-8,11-12,14,16H2,1H3,(H,25,27). The summed E-state index contributed by atoms with van der Waals surface area (Å²) < 4.78 is 0. The molecule has 0 saturated carbocycles. The van der Waals surface area contributed by atoms with E-state index in [0.29, 0.717) is 17.8 Å². The molecule has 1 atom stereocenters. The lowest BCUT2D eigenvalue weighted by Crippen LogP contribution is -2.43. The Hall–Kier alpha value is -2.69. The summed E-state index contributed by atoms with van der Waals surface area (Å²) in [4.78, 5) is 31.5. The van der Waals surface area contributed by atoms with Crippen molar-refractivity contribution in [3.8, 4) is 0 Å². The third-order valence-electron chi connectivity index (χ3n) is 5.37. The van der Waals surface area contributed by atoms with Gasteiger partial charge in [-0.15, -0.1) is 0 Å². The first-order valence-corrected chi connectivity index (χ1v) is 10.3. The fourth-order valence-corrected chi connectivity index (χ4v) is 3.77. The zero-order chi connectivity index (χ0) is 19.8. The summed E-state index contributed by atoms with van der Waals surface area (Å²) >= 11 is 0. The summed E-state index contributed by atoms with van der Waals surface area (Å²) in [5.74, 6) is -0.222. The van der Waals surface area contributed by atoms with E-state index in [2.05, 4.69) is 29.4 Å². The monoisotopic (exact) mass is 379 g/mol. The zero-order valence-electron chi connectivity index (χ0n) is 16.6. The molecule has 2 amide bonds. The highest BCUT2D eigenvalue weighted by molar-refractivity contribution is 5.98. The molecule has 1 aliphatic heterocycles. The molecule has 5 nitrogen and oxygen atoms in total. The molecule has 2 aromatic rings. The van der Waals surface area contributed by atoms with Crippen molar-refractivity contribution in [2.75, 3.05) is 13.1 Å². The predicted octanol–water partition coefficient (Wildman–Crippen LogP) is 3.85. The molecule has 2 heterocycles. The van der Waals surface area contributed by atoms with Crippen LogP contribution in [-0.2, 0) is 6.42 Å². The molecule has 0 radical (unpaired) electrons. The molecule has 1 saturated heterocycles. The minimum Gasteiger partial charge on any atom is -0.352 e. The summed E-state index contributed by atoms with van der Waals surface area (Å²) in [5, 5.41) is 2.94. The number of nitrogens with one attached hydrogen (secondary N) is 1. The van der Waals surface area contributed by atoms with Crippen LogP contribution in [0.3, 0.4) is 0 Å². The number of likely N-dealkylation sites (tertiary alicyclic amines) is 1. The highest BCUT2D eigenvalue weighted by Crippen LogP contribution is 2.21. The molecule has 0 spiro atoms. The van der Waals surface area contributed by atoms with E-state index in [1.807, 2.05) is 23.1 Å². The minimum atomic E-state index is -0.157. The molecular weight excluding hydrogens is 350 g/mol. The number of aromatic nitrogens is 1. The first kappa shape index (κ1) is 20.1. The largest absolute Gasteiger partial charge is 0.352 e. The first-order valence-electron chi connectivity index (χ1n) is 10.3. The van der Waals surface area contributed by atoms with Crippen LogP contribution in [0.2, 0.25) is 0 Å². The van der Waals surface area contributed by atoms with E-state index in [4.69, 9.17) is 0 Å². The smallest absolute Gasteiger partial charge is 0.272 e. The number of amides is 2. The lowest BCUT2D eigenvalue weighted by Gasteiger charge is -2.35. The maximum atomic E-state index is 12.9. The van der Waals surface area contributed by atoms with Gasteiger partial charge in [0, 0.05) is 30.9 Å². The molecule has 1 aromatic heterocycles. The lowest BCUT2D eigenvalue weighted by atomic mass is 9.99. The van der Waals surface area contributed by atoms with E-state index < -0.39 is 0 Å². The molecule has 0 aliphatic carbocycles. The van der Waals surface area contributed by atoms with E-state index in [1.165, 1.54) is 12.0 Å². The number of piperidine rings is 1. The van der Waals surface area contributed by atoms with Gasteiger partial charge in [0.15, 0.2) is 0 Å². The third-order valence-corrected chi connectivity index (χ3v) is 5.37. The number of hydrogen-bond acceptors (Lipinski definition) is 3. The van der Waals surface area contributed by atoms with Gasteiger partial charge in [-0.2, -0.15) is 0 Å². The Bertz CT molecular complexity index is 791. The van der Waals surface area contributed by atoms with Crippen molar-refractivity contribution in [2.24, 2.45) is 0 Å². The quantitative estimate of drug-likeness (QED) is 0.743. The number of carbonyl (C=O) groups excluding carboxylic acids is 2. The van der Waals surface area contributed by atoms with Gasteiger partial charge in [0.2, 0.25) is 0 Å². The number of hydrogen-bond donors (Lipinski definition) is 1. The normalized spacial score (nSPS) is 16.6. The van der Waals surface area contributed by atoms with Gasteiger partial charge in [-0.1, -0.05) is 37.3 Å². The number of benzene rings is 1. The summed E-state index contributed by atoms with van der Waals surface area (Å²) in [6.07, 6.45) is 7.55. The summed E-state index contributed by atoms with van der Waals surface area (Å²) in [7, 11) is 0. The highest BCUT2D eigenvalue weighted by atomic mass is 16.2. The van der Waals surface area contributed by atoms with Crippen molar-refractivity contribution >= 4 is 11.8 Å². The second-order valence-corrected chi connectivity index (χ2v) is 7.33. The van der Waals surface area contributed by atoms with Crippen LogP contribution in [0, 0.1) is 0 Å². The molecule has 28 heavy (non-hydrogen) atoms. The van der Waals surface area contributed by atoms with Crippen LogP contribution in [-0.4, -0.2) is 40.8 Å². The number of aryl methyl sites for hydroxylation is 1. The second-order valence-electron chi connectivity index (χ2n) is 7.33. The molecule has 1 aromatic carbocycles. The number of rotatable bonds is 7. The Labute approximate surface area is 167 Å². The molecule has 148 valence electrons. The van der Waals surface area contributed by atoms with Gasteiger partial charge in [0.05, 0.1) is 0 Å². The Balaban J connectivity index is 1.56. The topological polar surface area (TPSA) is 62.3 Å². The maximum Gasteiger partial charge on any atom is 0.272 e. The van der Waals surface area contributed by atoms with E-state index in [9.17, 15) is 9.59 Å². The molecule has 3 rings (SSSR count). The number of nitrogens with zero attached hydrogens (tertiary/aromatic N) is 2. The predicted molar refractivity (Wildman–Crippen MR) is 110 cm³/mol. The van der Waals surface area contributed by atoms with Crippen LogP contribution in [0.15, 0.2) is 48.7 Å². The first-order chi connectivity index (χ1) is 13.7. The SMILES string of the molecule is CCC1CCCCN1C(=O)c1cc(C(=O)NCCCc2ccccc2)ccn1. The zero-order valence-corrected chi connectivity index (χ0v) is 16.6. The third kappa shape index (κ3) is 5.18. The molecular formula is C23H29N3O2. The Morgan fingerprint density at radius 3 is 2.79 bits per heavy atom. The van der Waals surface area contributed by atoms with Gasteiger partial charge >= 0.3 is 0 Å². The molecule has 1 N–H and O–H groups in total. The van der Waals surface area contributed by atoms with Crippen molar-refractivity contribution in [2.45, 2.75) is 51.5 Å². The van der Waals surface area contributed by atoms with Crippen LogP contribution in [0.25, 0.3) is 0 Å². The van der Waals surface area contributed by atoms with Crippen LogP contribution in [0.4, 0.5) is 0 Å². The molecule has 1 unspecified atom stereocenters. The van der Waals surface area contributed by atoms with Crippen molar-refractivity contribution in [3.63, 3.8) is 0 Å². The van der Waals surface area contributed by atoms with Gasteiger partial charge in [0.1, 0.15) is 5.69 Å². The molecule has 1 fully saturated rings. The molecule has 0 bridgehead atoms. The summed E-state index contributed by atoms with van der Waals surface area (Å²) in [5.41, 5.74) is 2.11. The van der Waals surface area contributed by atoms with Crippen molar-refractivity contribution in [1.82, 2.24) is 15.2 Å². The van der Waals surface area contributed by atoms with Crippen molar-refractivity contribution in [3.05, 3.63) is 65.5 Å². The Morgan fingerprint density at radius 1 is 1.18 bits per heavy atom. The summed E-state index contributed by atoms with van der Waals surface area (Å²) in [6, 6.07) is 13.8. The van der Waals surface area contributed by atoms with E-state index in [1.54, 1.807) is 18.3 Å². The van der Waals surface area contributed by atoms with Crippen LogP contribution in [0.1, 0.15) is 65.4 Å². The second kappa shape index (κ2) is 10.0. The van der Waals surface area contributed by atoms with Crippen LogP contribution >= 0.6 is 0 Å². The minimum absolute atomic E-state index is 0.0646. The van der Waals surface area contributed by atoms with Crippen LogP contribution < -0.4 is 5.32 Å². The molecule has 5 heteroatoms. The fourth-order valence-electron chi connectivity index (χ4n) is 3.77. The van der Waals surface area contributed by atoms with Gasteiger partial charge in [-0.25, -0.2) is 0 Å². The van der Waals surface area contributed by atoms with Gasteiger partial charge in [0.25, 0.3) is 11.8 Å². The fraction of sp³-hybridized carbons (Fsp3) is 0.435. The number of carbonyl (C=O) groups is 2. The van der Waals surface area contributed by atoms with E-state index in [0.717, 1.165) is 38.6 Å². The van der Waals surface area contributed by atoms with Gasteiger partial charge in [-0.3, -0.25) is 14.6 Å². The molecule has 1 aliphatic rings. The number of pyridine rings is 1. The van der Waals surface area contributed by atoms with Crippen molar-refractivity contribution in [1.29, 1.82) is 0 Å². The lowest BCUT2D eigenvalue weighted by molar-refractivity contribution is 0.0602. The van der Waals surface area contributed by atoms with Crippen LogP contribution in [0.5, 0.6) is 0 Å². The van der Waals surface area contributed by atoms with Gasteiger partial charge < -0.3 is 10.2 Å². The highest BCUT2D eigenvalue weighted by Gasteiger charge is 2.27. The average molecular weight is 380 g/mol. The Morgan fingerprint density at radius 2 is 2.00 bits per heavy atom. The Kier molecular flexibility index (Phi) is 7.18. The average Bonchev–Trinajstić information content (AvgIpc) is 2.76. The van der Waals surface area contributed by atoms with Gasteiger partial charge in [-0.05, 0) is 56.2 Å².